The molecule has 98 valence electrons. The van der Waals surface area contributed by atoms with Gasteiger partial charge in [0.2, 0.25) is 0 Å². The number of rotatable bonds is 3. The molecule has 2 atom stereocenters. The van der Waals surface area contributed by atoms with Gasteiger partial charge >= 0.3 is 5.97 Å². The lowest BCUT2D eigenvalue weighted by atomic mass is 9.85. The summed E-state index contributed by atoms with van der Waals surface area (Å²) >= 11 is 0. The Balaban J connectivity index is 2.07. The number of nitrogens with one attached hydrogen (secondary N) is 1. The number of aromatic nitrogens is 1. The Morgan fingerprint density at radius 3 is 2.89 bits per heavy atom. The summed E-state index contributed by atoms with van der Waals surface area (Å²) in [6.07, 6.45) is 5.34. The monoisotopic (exact) mass is 248 g/mol. The van der Waals surface area contributed by atoms with Crippen LogP contribution in [0.25, 0.3) is 0 Å². The minimum Gasteiger partial charge on any atom is -0.481 e. The molecule has 0 amide bonds. The number of pyridine rings is 1. The smallest absolute Gasteiger partial charge is 0.306 e. The Morgan fingerprint density at radius 1 is 1.44 bits per heavy atom. The van der Waals surface area contributed by atoms with Crippen molar-refractivity contribution in [1.82, 2.24) is 4.98 Å². The van der Waals surface area contributed by atoms with Crippen LogP contribution in [0, 0.1) is 19.8 Å². The predicted molar refractivity (Wildman–Crippen MR) is 70.7 cm³/mol. The number of aryl methyl sites for hydroxylation is 2. The van der Waals surface area contributed by atoms with E-state index in [4.69, 9.17) is 5.11 Å². The molecule has 2 rings (SSSR count). The first-order valence-electron chi connectivity index (χ1n) is 6.49. The van der Waals surface area contributed by atoms with Gasteiger partial charge < -0.3 is 10.4 Å². The molecule has 2 unspecified atom stereocenters. The van der Waals surface area contributed by atoms with E-state index in [-0.39, 0.29) is 12.0 Å². The maximum atomic E-state index is 11.0. The van der Waals surface area contributed by atoms with Gasteiger partial charge in [-0.25, -0.2) is 0 Å². The van der Waals surface area contributed by atoms with Crippen molar-refractivity contribution in [2.45, 2.75) is 45.6 Å². The molecule has 0 aliphatic heterocycles. The highest BCUT2D eigenvalue weighted by Gasteiger charge is 2.27. The summed E-state index contributed by atoms with van der Waals surface area (Å²) in [7, 11) is 0. The van der Waals surface area contributed by atoms with Crippen molar-refractivity contribution in [1.29, 1.82) is 0 Å². The van der Waals surface area contributed by atoms with Gasteiger partial charge in [-0.2, -0.15) is 0 Å². The molecule has 1 aromatic rings. The van der Waals surface area contributed by atoms with Gasteiger partial charge in [0.1, 0.15) is 0 Å². The van der Waals surface area contributed by atoms with Crippen molar-refractivity contribution in [3.63, 3.8) is 0 Å². The van der Waals surface area contributed by atoms with Crippen LogP contribution in [-0.4, -0.2) is 22.1 Å². The first kappa shape index (κ1) is 12.9. The molecule has 1 aliphatic rings. The summed E-state index contributed by atoms with van der Waals surface area (Å²) in [5.74, 6) is -0.866. The zero-order chi connectivity index (χ0) is 13.1. The maximum absolute atomic E-state index is 11.0. The number of carboxylic acids is 1. The van der Waals surface area contributed by atoms with E-state index < -0.39 is 5.97 Å². The van der Waals surface area contributed by atoms with Crippen molar-refractivity contribution in [2.75, 3.05) is 5.32 Å². The van der Waals surface area contributed by atoms with Crippen LogP contribution in [0.5, 0.6) is 0 Å². The highest BCUT2D eigenvalue weighted by atomic mass is 16.4. The lowest BCUT2D eigenvalue weighted by Gasteiger charge is -2.29. The van der Waals surface area contributed by atoms with E-state index in [9.17, 15) is 4.79 Å². The van der Waals surface area contributed by atoms with Gasteiger partial charge in [0.15, 0.2) is 0 Å². The average molecular weight is 248 g/mol. The van der Waals surface area contributed by atoms with Crippen molar-refractivity contribution in [2.24, 2.45) is 5.92 Å². The van der Waals surface area contributed by atoms with E-state index in [0.717, 1.165) is 30.6 Å². The molecule has 1 heterocycles. The number of aliphatic carboxylic acids is 1. The quantitative estimate of drug-likeness (QED) is 0.863. The van der Waals surface area contributed by atoms with Crippen LogP contribution in [0.4, 0.5) is 5.69 Å². The molecule has 1 fully saturated rings. The second-order valence-electron chi connectivity index (χ2n) is 5.13. The highest BCUT2D eigenvalue weighted by molar-refractivity contribution is 5.70. The standard InChI is InChI=1S/C14H20N2O2/c1-9-6-7-15-10(2)13(9)16-12-5-3-4-11(8-12)14(17)18/h6-7,11-12,16H,3-5,8H2,1-2H3,(H,17,18). The Hall–Kier alpha value is -1.58. The number of hydrogen-bond donors (Lipinski definition) is 2. The molecule has 2 N–H and O–H groups in total. The molecule has 1 aromatic heterocycles. The minimum absolute atomic E-state index is 0.200. The van der Waals surface area contributed by atoms with Crippen LogP contribution in [0.1, 0.15) is 36.9 Å². The first-order valence-corrected chi connectivity index (χ1v) is 6.49. The molecule has 0 bridgehead atoms. The molecule has 1 saturated carbocycles. The van der Waals surface area contributed by atoms with Crippen LogP contribution in [0.15, 0.2) is 12.3 Å². The predicted octanol–water partition coefficient (Wildman–Crippen LogP) is 2.75. The normalized spacial score (nSPS) is 23.7. The van der Waals surface area contributed by atoms with Crippen molar-refractivity contribution < 1.29 is 9.90 Å². The summed E-state index contributed by atoms with van der Waals surface area (Å²) in [6, 6.07) is 2.23. The lowest BCUT2D eigenvalue weighted by Crippen LogP contribution is -2.31. The zero-order valence-corrected chi connectivity index (χ0v) is 10.9. The van der Waals surface area contributed by atoms with Gasteiger partial charge in [0, 0.05) is 12.2 Å². The van der Waals surface area contributed by atoms with Crippen molar-refractivity contribution in [3.05, 3.63) is 23.5 Å². The lowest BCUT2D eigenvalue weighted by molar-refractivity contribution is -0.142. The van der Waals surface area contributed by atoms with Gasteiger partial charge in [-0.05, 0) is 44.7 Å². The Bertz CT molecular complexity index is 425. The van der Waals surface area contributed by atoms with Gasteiger partial charge in [0.05, 0.1) is 17.3 Å². The van der Waals surface area contributed by atoms with Crippen LogP contribution >= 0.6 is 0 Å². The molecule has 0 aromatic carbocycles. The van der Waals surface area contributed by atoms with E-state index in [1.54, 1.807) is 6.20 Å². The maximum Gasteiger partial charge on any atom is 0.306 e. The fraction of sp³-hybridized carbons (Fsp3) is 0.571. The molecule has 1 aliphatic carbocycles. The third-order valence-electron chi connectivity index (χ3n) is 3.72. The Morgan fingerprint density at radius 2 is 2.22 bits per heavy atom. The summed E-state index contributed by atoms with van der Waals surface area (Å²) in [4.78, 5) is 15.3. The second-order valence-corrected chi connectivity index (χ2v) is 5.13. The number of carboxylic acid groups (broad SMARTS) is 1. The van der Waals surface area contributed by atoms with Crippen LogP contribution in [0.3, 0.4) is 0 Å². The molecule has 0 radical (unpaired) electrons. The van der Waals surface area contributed by atoms with E-state index in [1.807, 2.05) is 13.0 Å². The van der Waals surface area contributed by atoms with Crippen LogP contribution in [0.2, 0.25) is 0 Å². The summed E-state index contributed by atoms with van der Waals surface area (Å²) in [6.45, 7) is 4.03. The topological polar surface area (TPSA) is 62.2 Å². The summed E-state index contributed by atoms with van der Waals surface area (Å²) in [5, 5.41) is 12.6. The van der Waals surface area contributed by atoms with Gasteiger partial charge in [-0.1, -0.05) is 6.42 Å². The molecule has 4 nitrogen and oxygen atoms in total. The van der Waals surface area contributed by atoms with E-state index >= 15 is 0 Å². The highest BCUT2D eigenvalue weighted by Crippen LogP contribution is 2.28. The molecule has 0 saturated heterocycles. The number of nitrogens with zero attached hydrogens (tertiary/aromatic N) is 1. The summed E-state index contributed by atoms with van der Waals surface area (Å²) in [5.41, 5.74) is 3.21. The molecule has 4 heteroatoms. The molecular formula is C14H20N2O2. The van der Waals surface area contributed by atoms with Gasteiger partial charge in [-0.3, -0.25) is 9.78 Å². The van der Waals surface area contributed by atoms with Crippen molar-refractivity contribution >= 4 is 11.7 Å². The number of carbonyl (C=O) groups is 1. The van der Waals surface area contributed by atoms with Gasteiger partial charge in [0.25, 0.3) is 0 Å². The Kier molecular flexibility index (Phi) is 3.84. The average Bonchev–Trinajstić information content (AvgIpc) is 2.34. The molecule has 18 heavy (non-hydrogen) atoms. The first-order chi connectivity index (χ1) is 8.58. The molecule has 0 spiro atoms. The fourth-order valence-electron chi connectivity index (χ4n) is 2.66. The van der Waals surface area contributed by atoms with E-state index in [0.29, 0.717) is 6.42 Å². The third-order valence-corrected chi connectivity index (χ3v) is 3.72. The minimum atomic E-state index is -0.666. The van der Waals surface area contributed by atoms with Gasteiger partial charge in [-0.15, -0.1) is 0 Å². The number of anilines is 1. The van der Waals surface area contributed by atoms with Crippen molar-refractivity contribution in [3.8, 4) is 0 Å². The largest absolute Gasteiger partial charge is 0.481 e. The van der Waals surface area contributed by atoms with E-state index in [2.05, 4.69) is 17.2 Å². The Labute approximate surface area is 107 Å². The fourth-order valence-corrected chi connectivity index (χ4v) is 2.66. The zero-order valence-electron chi connectivity index (χ0n) is 10.9. The second kappa shape index (κ2) is 5.38. The van der Waals surface area contributed by atoms with Crippen LogP contribution in [-0.2, 0) is 4.79 Å². The summed E-state index contributed by atoms with van der Waals surface area (Å²) < 4.78 is 0. The third kappa shape index (κ3) is 2.81. The van der Waals surface area contributed by atoms with Crippen LogP contribution < -0.4 is 5.32 Å². The van der Waals surface area contributed by atoms with E-state index in [1.165, 1.54) is 5.56 Å². The molecular weight excluding hydrogens is 228 g/mol. The SMILES string of the molecule is Cc1ccnc(C)c1NC1CCCC(C(=O)O)C1. The number of hydrogen-bond acceptors (Lipinski definition) is 3.